The second kappa shape index (κ2) is 8.84. The number of rotatable bonds is 6. The predicted molar refractivity (Wildman–Crippen MR) is 122 cm³/mol. The highest BCUT2D eigenvalue weighted by Crippen LogP contribution is 2.34. The maximum atomic E-state index is 14.3. The van der Waals surface area contributed by atoms with Crippen LogP contribution in [0.1, 0.15) is 24.2 Å². The first-order valence-corrected chi connectivity index (χ1v) is 12.8. The Balaban J connectivity index is 1.30. The molecule has 1 unspecified atom stereocenters. The zero-order valence-electron chi connectivity index (χ0n) is 18.8. The third-order valence-corrected chi connectivity index (χ3v) is 7.34. The highest BCUT2D eigenvalue weighted by molar-refractivity contribution is 7.88. The Morgan fingerprint density at radius 1 is 1.12 bits per heavy atom. The second-order valence-corrected chi connectivity index (χ2v) is 10.5. The predicted octanol–water partition coefficient (Wildman–Crippen LogP) is 1.86. The molecule has 12 heteroatoms. The lowest BCUT2D eigenvalue weighted by molar-refractivity contribution is 0.130. The van der Waals surface area contributed by atoms with Crippen molar-refractivity contribution < 1.29 is 17.5 Å². The molecule has 5 heterocycles. The number of hydrogen-bond acceptors (Lipinski definition) is 9. The number of anilines is 1. The standard InChI is InChI=1S/C22H24FN7O3S/c1-14-17-10-26-22(21-24-5-3-6-25-21)27-18(17)4-7-30(14)20-9-16(8-19(23)28-20)33-13-15-11-29(12-15)34(2,31)32/h3,5-6,8-10,14-15H,4,7,11-13H2,1-2H3. The van der Waals surface area contributed by atoms with E-state index in [1.807, 2.05) is 11.8 Å². The Hall–Kier alpha value is -3.25. The molecule has 0 amide bonds. The third-order valence-electron chi connectivity index (χ3n) is 6.10. The van der Waals surface area contributed by atoms with Crippen LogP contribution in [0.3, 0.4) is 0 Å². The first kappa shape index (κ1) is 22.5. The summed E-state index contributed by atoms with van der Waals surface area (Å²) >= 11 is 0. The van der Waals surface area contributed by atoms with E-state index in [-0.39, 0.29) is 12.0 Å². The van der Waals surface area contributed by atoms with Crippen LogP contribution in [0.4, 0.5) is 10.2 Å². The lowest BCUT2D eigenvalue weighted by Crippen LogP contribution is -2.51. The highest BCUT2D eigenvalue weighted by atomic mass is 32.2. The van der Waals surface area contributed by atoms with E-state index in [0.717, 1.165) is 11.3 Å². The van der Waals surface area contributed by atoms with Crippen LogP contribution in [0.25, 0.3) is 11.6 Å². The van der Waals surface area contributed by atoms with Crippen molar-refractivity contribution in [3.05, 3.63) is 54.0 Å². The van der Waals surface area contributed by atoms with Crippen molar-refractivity contribution in [2.45, 2.75) is 19.4 Å². The molecule has 10 nitrogen and oxygen atoms in total. The van der Waals surface area contributed by atoms with Crippen molar-refractivity contribution >= 4 is 15.8 Å². The fraction of sp³-hybridized carbons (Fsp3) is 0.409. The highest BCUT2D eigenvalue weighted by Gasteiger charge is 2.33. The molecule has 0 N–H and O–H groups in total. The van der Waals surface area contributed by atoms with Gasteiger partial charge in [-0.2, -0.15) is 4.39 Å². The van der Waals surface area contributed by atoms with Crippen LogP contribution >= 0.6 is 0 Å². The number of fused-ring (bicyclic) bond motifs is 1. The van der Waals surface area contributed by atoms with Gasteiger partial charge in [0.25, 0.3) is 0 Å². The van der Waals surface area contributed by atoms with Gasteiger partial charge in [-0.05, 0) is 13.0 Å². The van der Waals surface area contributed by atoms with Crippen LogP contribution in [-0.4, -0.2) is 70.1 Å². The van der Waals surface area contributed by atoms with Crippen molar-refractivity contribution in [3.63, 3.8) is 0 Å². The SMILES string of the molecule is CC1c2cnc(-c3ncccn3)nc2CCN1c1cc(OCC2CN(S(C)(=O)=O)C2)cc(F)n1. The lowest BCUT2D eigenvalue weighted by Gasteiger charge is -2.37. The van der Waals surface area contributed by atoms with Crippen LogP contribution in [-0.2, 0) is 16.4 Å². The first-order chi connectivity index (χ1) is 16.3. The number of hydrogen-bond donors (Lipinski definition) is 0. The monoisotopic (exact) mass is 485 g/mol. The minimum atomic E-state index is -3.18. The van der Waals surface area contributed by atoms with Crippen molar-refractivity contribution in [1.82, 2.24) is 29.2 Å². The van der Waals surface area contributed by atoms with E-state index in [2.05, 4.69) is 24.9 Å². The zero-order chi connectivity index (χ0) is 23.9. The fourth-order valence-electron chi connectivity index (χ4n) is 4.20. The van der Waals surface area contributed by atoms with Gasteiger partial charge in [0, 0.05) is 68.3 Å². The molecule has 0 spiro atoms. The average molecular weight is 486 g/mol. The molecule has 3 aromatic rings. The van der Waals surface area contributed by atoms with Crippen molar-refractivity contribution in [1.29, 1.82) is 0 Å². The molecule has 1 saturated heterocycles. The summed E-state index contributed by atoms with van der Waals surface area (Å²) in [6, 6.07) is 4.58. The Labute approximate surface area is 196 Å². The van der Waals surface area contributed by atoms with Crippen molar-refractivity contribution in [2.24, 2.45) is 5.92 Å². The van der Waals surface area contributed by atoms with E-state index in [9.17, 15) is 12.8 Å². The molecule has 3 aromatic heterocycles. The van der Waals surface area contributed by atoms with Crippen LogP contribution in [0.2, 0.25) is 0 Å². The number of aromatic nitrogens is 5. The second-order valence-electron chi connectivity index (χ2n) is 8.53. The minimum absolute atomic E-state index is 0.0788. The maximum absolute atomic E-state index is 14.3. The van der Waals surface area contributed by atoms with Gasteiger partial charge >= 0.3 is 0 Å². The van der Waals surface area contributed by atoms with Crippen molar-refractivity contribution in [3.8, 4) is 17.4 Å². The van der Waals surface area contributed by atoms with Crippen LogP contribution in [0, 0.1) is 11.9 Å². The van der Waals surface area contributed by atoms with Gasteiger partial charge in [-0.15, -0.1) is 0 Å². The summed E-state index contributed by atoms with van der Waals surface area (Å²) in [6.45, 7) is 3.74. The van der Waals surface area contributed by atoms with Crippen LogP contribution in [0.5, 0.6) is 5.75 Å². The molecule has 0 saturated carbocycles. The van der Waals surface area contributed by atoms with E-state index in [1.165, 1.54) is 16.6 Å². The molecule has 2 aliphatic heterocycles. The Kier molecular flexibility index (Phi) is 5.86. The molecule has 0 aromatic carbocycles. The topological polar surface area (TPSA) is 114 Å². The molecule has 34 heavy (non-hydrogen) atoms. The van der Waals surface area contributed by atoms with Gasteiger partial charge < -0.3 is 9.64 Å². The zero-order valence-corrected chi connectivity index (χ0v) is 19.6. The molecule has 178 valence electrons. The van der Waals surface area contributed by atoms with Gasteiger partial charge in [-0.25, -0.2) is 37.6 Å². The minimum Gasteiger partial charge on any atom is -0.493 e. The molecule has 2 aliphatic rings. The van der Waals surface area contributed by atoms with Crippen molar-refractivity contribution in [2.75, 3.05) is 37.4 Å². The maximum Gasteiger partial charge on any atom is 0.218 e. The van der Waals surface area contributed by atoms with Gasteiger partial charge in [0.1, 0.15) is 11.6 Å². The van der Waals surface area contributed by atoms with Crippen LogP contribution in [0.15, 0.2) is 36.8 Å². The average Bonchev–Trinajstić information content (AvgIpc) is 2.77. The molecule has 0 radical (unpaired) electrons. The Bertz CT molecular complexity index is 1300. The van der Waals surface area contributed by atoms with Gasteiger partial charge in [-0.3, -0.25) is 0 Å². The number of nitrogens with zero attached hydrogens (tertiary/aromatic N) is 7. The van der Waals surface area contributed by atoms with Gasteiger partial charge in [0.2, 0.25) is 16.0 Å². The summed E-state index contributed by atoms with van der Waals surface area (Å²) in [5.74, 6) is 1.23. The Morgan fingerprint density at radius 2 is 1.88 bits per heavy atom. The van der Waals surface area contributed by atoms with E-state index in [0.29, 0.717) is 55.9 Å². The number of sulfonamides is 1. The normalized spacial score (nSPS) is 18.9. The summed E-state index contributed by atoms with van der Waals surface area (Å²) in [4.78, 5) is 23.6. The van der Waals surface area contributed by atoms with Crippen LogP contribution < -0.4 is 9.64 Å². The molecular formula is C22H24FN7O3S. The Morgan fingerprint density at radius 3 is 2.62 bits per heavy atom. The summed E-state index contributed by atoms with van der Waals surface area (Å²) < 4.78 is 44.5. The lowest BCUT2D eigenvalue weighted by atomic mass is 9.99. The van der Waals surface area contributed by atoms with E-state index < -0.39 is 16.0 Å². The smallest absolute Gasteiger partial charge is 0.218 e. The molecule has 0 bridgehead atoms. The third kappa shape index (κ3) is 4.55. The molecule has 0 aliphatic carbocycles. The summed E-state index contributed by atoms with van der Waals surface area (Å²) in [6.07, 6.45) is 6.90. The summed E-state index contributed by atoms with van der Waals surface area (Å²) in [7, 11) is -3.18. The van der Waals surface area contributed by atoms with E-state index in [1.54, 1.807) is 30.7 Å². The first-order valence-electron chi connectivity index (χ1n) is 10.9. The number of ether oxygens (including phenoxy) is 1. The van der Waals surface area contributed by atoms with Gasteiger partial charge in [-0.1, -0.05) is 0 Å². The number of pyridine rings is 1. The summed E-state index contributed by atoms with van der Waals surface area (Å²) in [5.41, 5.74) is 1.85. The fourth-order valence-corrected chi connectivity index (χ4v) is 5.17. The van der Waals surface area contributed by atoms with E-state index in [4.69, 9.17) is 4.74 Å². The van der Waals surface area contributed by atoms with Gasteiger partial charge in [0.15, 0.2) is 11.6 Å². The molecule has 1 atom stereocenters. The summed E-state index contributed by atoms with van der Waals surface area (Å²) in [5, 5.41) is 0. The largest absolute Gasteiger partial charge is 0.493 e. The number of halogens is 1. The quantitative estimate of drug-likeness (QED) is 0.483. The van der Waals surface area contributed by atoms with Gasteiger partial charge in [0.05, 0.1) is 24.6 Å². The van der Waals surface area contributed by atoms with E-state index >= 15 is 0 Å². The molecule has 1 fully saturated rings. The molecular weight excluding hydrogens is 461 g/mol. The molecule has 5 rings (SSSR count).